The van der Waals surface area contributed by atoms with Crippen LogP contribution < -0.4 is 15.0 Å². The molecule has 0 saturated heterocycles. The molecule has 0 aliphatic carbocycles. The van der Waals surface area contributed by atoms with E-state index in [1.165, 1.54) is 35.2 Å². The van der Waals surface area contributed by atoms with Gasteiger partial charge in [0, 0.05) is 17.3 Å². The van der Waals surface area contributed by atoms with E-state index >= 15 is 0 Å². The van der Waals surface area contributed by atoms with E-state index in [1.807, 2.05) is 30.3 Å². The van der Waals surface area contributed by atoms with Crippen molar-refractivity contribution in [2.45, 2.75) is 17.5 Å². The van der Waals surface area contributed by atoms with Gasteiger partial charge in [0.2, 0.25) is 6.79 Å². The Morgan fingerprint density at radius 1 is 1.06 bits per heavy atom. The summed E-state index contributed by atoms with van der Waals surface area (Å²) in [5, 5.41) is 1.46. The molecule has 5 aromatic rings. The van der Waals surface area contributed by atoms with Crippen molar-refractivity contribution in [3.63, 3.8) is 0 Å². The summed E-state index contributed by atoms with van der Waals surface area (Å²) in [6, 6.07) is 15.8. The first-order chi connectivity index (χ1) is 16.2. The molecule has 3 aromatic heterocycles. The number of rotatable bonds is 5. The number of benzene rings is 2. The van der Waals surface area contributed by atoms with Crippen LogP contribution >= 0.6 is 23.1 Å². The molecule has 0 unspecified atom stereocenters. The maximum atomic E-state index is 13.6. The molecule has 0 N–H and O–H groups in total. The quantitative estimate of drug-likeness (QED) is 0.256. The fraction of sp³-hybridized carbons (Fsp3) is 0.125. The normalized spacial score (nSPS) is 12.6. The molecule has 0 saturated carbocycles. The van der Waals surface area contributed by atoms with Gasteiger partial charge in [-0.3, -0.25) is 9.36 Å². The van der Waals surface area contributed by atoms with Crippen LogP contribution in [0, 0.1) is 5.82 Å². The van der Waals surface area contributed by atoms with E-state index in [1.54, 1.807) is 22.9 Å². The molecule has 4 heterocycles. The average Bonchev–Trinajstić information content (AvgIpc) is 3.45. The van der Waals surface area contributed by atoms with Crippen LogP contribution in [0.1, 0.15) is 11.1 Å². The first kappa shape index (κ1) is 20.2. The number of thioether (sulfide) groups is 1. The number of halogens is 1. The van der Waals surface area contributed by atoms with E-state index in [0.29, 0.717) is 39.2 Å². The summed E-state index contributed by atoms with van der Waals surface area (Å²) in [7, 11) is 0. The Labute approximate surface area is 195 Å². The number of pyridine rings is 1. The Hall–Kier alpha value is -3.43. The molecule has 33 heavy (non-hydrogen) atoms. The van der Waals surface area contributed by atoms with Crippen LogP contribution in [-0.4, -0.2) is 21.3 Å². The lowest BCUT2D eigenvalue weighted by Crippen LogP contribution is -2.23. The van der Waals surface area contributed by atoms with Gasteiger partial charge in [0.15, 0.2) is 16.7 Å². The molecule has 0 atom stereocenters. The standard InChI is InChI=1S/C24H16FN3O3S2/c25-16-6-3-14(4-7-16)12-32-24-27-20-17-2-1-9-26-22(17)33-21(20)23(29)28(24)11-15-5-8-18-19(10-15)31-13-30-18/h1-10H,11-13H2. The number of nitrogens with zero attached hydrogens (tertiary/aromatic N) is 3. The molecule has 0 radical (unpaired) electrons. The summed E-state index contributed by atoms with van der Waals surface area (Å²) >= 11 is 2.80. The molecular weight excluding hydrogens is 461 g/mol. The van der Waals surface area contributed by atoms with Crippen LogP contribution in [0.15, 0.2) is 70.7 Å². The van der Waals surface area contributed by atoms with Crippen molar-refractivity contribution in [2.24, 2.45) is 0 Å². The highest BCUT2D eigenvalue weighted by molar-refractivity contribution is 7.98. The fourth-order valence-corrected chi connectivity index (χ4v) is 5.72. The average molecular weight is 478 g/mol. The number of ether oxygens (including phenoxy) is 2. The summed E-state index contributed by atoms with van der Waals surface area (Å²) in [6.07, 6.45) is 1.72. The summed E-state index contributed by atoms with van der Waals surface area (Å²) in [4.78, 5) is 23.7. The van der Waals surface area contributed by atoms with Crippen LogP contribution in [0.2, 0.25) is 0 Å². The van der Waals surface area contributed by atoms with Gasteiger partial charge < -0.3 is 9.47 Å². The highest BCUT2D eigenvalue weighted by atomic mass is 32.2. The van der Waals surface area contributed by atoms with Gasteiger partial charge in [0.1, 0.15) is 15.3 Å². The third-order valence-electron chi connectivity index (χ3n) is 5.38. The first-order valence-corrected chi connectivity index (χ1v) is 12.0. The molecule has 1 aliphatic rings. The zero-order chi connectivity index (χ0) is 22.4. The Morgan fingerprint density at radius 2 is 1.88 bits per heavy atom. The van der Waals surface area contributed by atoms with Gasteiger partial charge in [-0.2, -0.15) is 0 Å². The van der Waals surface area contributed by atoms with Crippen LogP contribution in [-0.2, 0) is 12.3 Å². The van der Waals surface area contributed by atoms with Crippen molar-refractivity contribution < 1.29 is 13.9 Å². The Kier molecular flexibility index (Phi) is 5.00. The van der Waals surface area contributed by atoms with E-state index < -0.39 is 0 Å². The third kappa shape index (κ3) is 3.73. The Balaban J connectivity index is 1.45. The molecule has 164 valence electrons. The highest BCUT2D eigenvalue weighted by Gasteiger charge is 2.19. The van der Waals surface area contributed by atoms with Gasteiger partial charge in [0.05, 0.1) is 12.1 Å². The number of hydrogen-bond acceptors (Lipinski definition) is 7. The topological polar surface area (TPSA) is 66.2 Å². The SMILES string of the molecule is O=c1c2sc3ncccc3c2nc(SCc2ccc(F)cc2)n1Cc1ccc2c(c1)OCO2. The monoisotopic (exact) mass is 477 g/mol. The lowest BCUT2D eigenvalue weighted by Gasteiger charge is -2.13. The molecule has 6 nitrogen and oxygen atoms in total. The van der Waals surface area contributed by atoms with Gasteiger partial charge in [-0.05, 0) is 47.5 Å². The van der Waals surface area contributed by atoms with Crippen molar-refractivity contribution in [1.29, 1.82) is 0 Å². The molecule has 0 bridgehead atoms. The van der Waals surface area contributed by atoms with Crippen molar-refractivity contribution >= 4 is 43.5 Å². The van der Waals surface area contributed by atoms with Crippen LogP contribution in [0.4, 0.5) is 4.39 Å². The summed E-state index contributed by atoms with van der Waals surface area (Å²) in [6.45, 7) is 0.533. The zero-order valence-corrected chi connectivity index (χ0v) is 18.8. The van der Waals surface area contributed by atoms with Crippen molar-refractivity contribution in [2.75, 3.05) is 6.79 Å². The Morgan fingerprint density at radius 3 is 2.76 bits per heavy atom. The predicted molar refractivity (Wildman–Crippen MR) is 127 cm³/mol. The lowest BCUT2D eigenvalue weighted by atomic mass is 10.2. The molecule has 9 heteroatoms. The van der Waals surface area contributed by atoms with Crippen molar-refractivity contribution in [3.05, 3.63) is 88.1 Å². The molecule has 2 aromatic carbocycles. The van der Waals surface area contributed by atoms with Crippen molar-refractivity contribution in [1.82, 2.24) is 14.5 Å². The largest absolute Gasteiger partial charge is 0.454 e. The van der Waals surface area contributed by atoms with Gasteiger partial charge in [-0.1, -0.05) is 30.0 Å². The number of fused-ring (bicyclic) bond motifs is 4. The van der Waals surface area contributed by atoms with Crippen molar-refractivity contribution in [3.8, 4) is 11.5 Å². The summed E-state index contributed by atoms with van der Waals surface area (Å²) in [5.74, 6) is 1.64. The minimum atomic E-state index is -0.278. The minimum absolute atomic E-state index is 0.109. The van der Waals surface area contributed by atoms with Crippen LogP contribution in [0.25, 0.3) is 20.4 Å². The molecule has 1 aliphatic heterocycles. The van der Waals surface area contributed by atoms with E-state index in [-0.39, 0.29) is 18.2 Å². The van der Waals surface area contributed by atoms with Gasteiger partial charge in [-0.15, -0.1) is 11.3 Å². The van der Waals surface area contributed by atoms with E-state index in [9.17, 15) is 9.18 Å². The Bertz CT molecular complexity index is 1560. The van der Waals surface area contributed by atoms with Gasteiger partial charge >= 0.3 is 0 Å². The lowest BCUT2D eigenvalue weighted by molar-refractivity contribution is 0.174. The van der Waals surface area contributed by atoms with Gasteiger partial charge in [-0.25, -0.2) is 14.4 Å². The molecule has 0 spiro atoms. The van der Waals surface area contributed by atoms with Crippen LogP contribution in [0.5, 0.6) is 11.5 Å². The number of hydrogen-bond donors (Lipinski definition) is 0. The van der Waals surface area contributed by atoms with Crippen LogP contribution in [0.3, 0.4) is 0 Å². The summed E-state index contributed by atoms with van der Waals surface area (Å²) < 4.78 is 26.5. The third-order valence-corrected chi connectivity index (χ3v) is 7.52. The molecule has 0 fully saturated rings. The fourth-order valence-electron chi connectivity index (χ4n) is 3.74. The van der Waals surface area contributed by atoms with E-state index in [4.69, 9.17) is 14.5 Å². The maximum Gasteiger partial charge on any atom is 0.272 e. The summed E-state index contributed by atoms with van der Waals surface area (Å²) in [5.41, 5.74) is 2.41. The first-order valence-electron chi connectivity index (χ1n) is 10.2. The van der Waals surface area contributed by atoms with E-state index in [2.05, 4.69) is 4.98 Å². The second-order valence-electron chi connectivity index (χ2n) is 7.52. The second kappa shape index (κ2) is 8.17. The zero-order valence-electron chi connectivity index (χ0n) is 17.2. The molecule has 6 rings (SSSR count). The smallest absolute Gasteiger partial charge is 0.272 e. The second-order valence-corrected chi connectivity index (χ2v) is 9.47. The predicted octanol–water partition coefficient (Wildman–Crippen LogP) is 5.21. The number of thiophene rings is 1. The number of aromatic nitrogens is 3. The molecule has 0 amide bonds. The van der Waals surface area contributed by atoms with Gasteiger partial charge in [0.25, 0.3) is 5.56 Å². The van der Waals surface area contributed by atoms with E-state index in [0.717, 1.165) is 21.3 Å². The maximum absolute atomic E-state index is 13.6. The minimum Gasteiger partial charge on any atom is -0.454 e. The highest BCUT2D eigenvalue weighted by Crippen LogP contribution is 2.34. The molecular formula is C24H16FN3O3S2.